The van der Waals surface area contributed by atoms with Crippen LogP contribution in [-0.4, -0.2) is 15.8 Å². The van der Waals surface area contributed by atoms with Gasteiger partial charge in [-0.25, -0.2) is 8.78 Å². The molecule has 0 amide bonds. The third-order valence-electron chi connectivity index (χ3n) is 3.02. The van der Waals surface area contributed by atoms with Gasteiger partial charge in [-0.05, 0) is 37.0 Å². The van der Waals surface area contributed by atoms with Crippen LogP contribution in [0.1, 0.15) is 18.1 Å². The Morgan fingerprint density at radius 3 is 2.79 bits per heavy atom. The van der Waals surface area contributed by atoms with Crippen LogP contribution in [0.5, 0.6) is 0 Å². The second-order valence-electron chi connectivity index (χ2n) is 4.59. The van der Waals surface area contributed by atoms with Crippen molar-refractivity contribution in [2.45, 2.75) is 32.4 Å². The Balaban J connectivity index is 2.01. The number of aromatic nitrogens is 2. The van der Waals surface area contributed by atoms with Crippen LogP contribution >= 0.6 is 0 Å². The monoisotopic (exact) mass is 265 g/mol. The van der Waals surface area contributed by atoms with Crippen molar-refractivity contribution in [3.8, 4) is 0 Å². The molecule has 102 valence electrons. The Bertz CT molecular complexity index is 551. The summed E-state index contributed by atoms with van der Waals surface area (Å²) in [4.78, 5) is 0. The van der Waals surface area contributed by atoms with Gasteiger partial charge in [0.15, 0.2) is 11.6 Å². The maximum Gasteiger partial charge on any atom is 0.162 e. The SMILES string of the molecule is CCn1cc(CC(N)Cc2cccc(F)c2F)cn1. The second kappa shape index (κ2) is 5.93. The Kier molecular flexibility index (Phi) is 4.27. The minimum atomic E-state index is -0.830. The predicted octanol–water partition coefficient (Wildman–Crippen LogP) is 2.29. The Hall–Kier alpha value is -1.75. The van der Waals surface area contributed by atoms with Gasteiger partial charge in [0.2, 0.25) is 0 Å². The van der Waals surface area contributed by atoms with E-state index in [9.17, 15) is 8.78 Å². The molecule has 1 aromatic heterocycles. The maximum atomic E-state index is 13.5. The van der Waals surface area contributed by atoms with Crippen molar-refractivity contribution < 1.29 is 8.78 Å². The summed E-state index contributed by atoms with van der Waals surface area (Å²) in [7, 11) is 0. The van der Waals surface area contributed by atoms with E-state index in [2.05, 4.69) is 5.10 Å². The Labute approximate surface area is 111 Å². The number of rotatable bonds is 5. The van der Waals surface area contributed by atoms with E-state index in [1.165, 1.54) is 6.07 Å². The van der Waals surface area contributed by atoms with Crippen molar-refractivity contribution in [1.29, 1.82) is 0 Å². The molecule has 2 aromatic rings. The average molecular weight is 265 g/mol. The predicted molar refractivity (Wildman–Crippen MR) is 69.6 cm³/mol. The lowest BCUT2D eigenvalue weighted by molar-refractivity contribution is 0.492. The fourth-order valence-corrected chi connectivity index (χ4v) is 2.05. The summed E-state index contributed by atoms with van der Waals surface area (Å²) < 4.78 is 28.4. The van der Waals surface area contributed by atoms with Gasteiger partial charge in [0.1, 0.15) is 0 Å². The molecule has 0 aliphatic carbocycles. The minimum Gasteiger partial charge on any atom is -0.327 e. The van der Waals surface area contributed by atoms with Crippen molar-refractivity contribution >= 4 is 0 Å². The Morgan fingerprint density at radius 2 is 2.11 bits per heavy atom. The molecule has 2 rings (SSSR count). The van der Waals surface area contributed by atoms with Gasteiger partial charge < -0.3 is 5.73 Å². The molecular formula is C14H17F2N3. The smallest absolute Gasteiger partial charge is 0.162 e. The first-order chi connectivity index (χ1) is 9.10. The van der Waals surface area contributed by atoms with Crippen LogP contribution in [-0.2, 0) is 19.4 Å². The lowest BCUT2D eigenvalue weighted by Gasteiger charge is -2.11. The minimum absolute atomic E-state index is 0.259. The first kappa shape index (κ1) is 13.7. The molecule has 19 heavy (non-hydrogen) atoms. The number of nitrogens with zero attached hydrogens (tertiary/aromatic N) is 2. The molecule has 3 nitrogen and oxygen atoms in total. The van der Waals surface area contributed by atoms with E-state index in [0.29, 0.717) is 18.4 Å². The zero-order chi connectivity index (χ0) is 13.8. The molecule has 0 aliphatic heterocycles. The summed E-state index contributed by atoms with van der Waals surface area (Å²) >= 11 is 0. The van der Waals surface area contributed by atoms with Crippen molar-refractivity contribution in [2.75, 3.05) is 0 Å². The molecule has 2 N–H and O–H groups in total. The van der Waals surface area contributed by atoms with Crippen LogP contribution in [0.4, 0.5) is 8.78 Å². The van der Waals surface area contributed by atoms with Crippen LogP contribution in [0.2, 0.25) is 0 Å². The van der Waals surface area contributed by atoms with Crippen LogP contribution < -0.4 is 5.73 Å². The second-order valence-corrected chi connectivity index (χ2v) is 4.59. The lowest BCUT2D eigenvalue weighted by Crippen LogP contribution is -2.26. The summed E-state index contributed by atoms with van der Waals surface area (Å²) in [5.74, 6) is -1.63. The molecule has 0 aliphatic rings. The summed E-state index contributed by atoms with van der Waals surface area (Å²) in [6.45, 7) is 2.80. The van der Waals surface area contributed by atoms with E-state index in [4.69, 9.17) is 5.73 Å². The van der Waals surface area contributed by atoms with Gasteiger partial charge in [0.05, 0.1) is 6.20 Å². The molecule has 0 bridgehead atoms. The summed E-state index contributed by atoms with van der Waals surface area (Å²) in [6.07, 6.45) is 4.57. The fraction of sp³-hybridized carbons (Fsp3) is 0.357. The molecule has 1 heterocycles. The Morgan fingerprint density at radius 1 is 1.32 bits per heavy atom. The molecule has 0 radical (unpaired) electrons. The summed E-state index contributed by atoms with van der Waals surface area (Å²) in [5.41, 5.74) is 7.30. The van der Waals surface area contributed by atoms with E-state index in [-0.39, 0.29) is 6.04 Å². The van der Waals surface area contributed by atoms with Crippen molar-refractivity contribution in [3.63, 3.8) is 0 Å². The molecule has 0 fully saturated rings. The first-order valence-electron chi connectivity index (χ1n) is 6.30. The van der Waals surface area contributed by atoms with Gasteiger partial charge in [0.25, 0.3) is 0 Å². The van der Waals surface area contributed by atoms with Crippen molar-refractivity contribution in [2.24, 2.45) is 5.73 Å². The number of hydrogen-bond donors (Lipinski definition) is 1. The van der Waals surface area contributed by atoms with Crippen LogP contribution in [0.3, 0.4) is 0 Å². The standard InChI is InChI=1S/C14H17F2N3/c1-2-19-9-10(8-18-19)6-12(17)7-11-4-3-5-13(15)14(11)16/h3-5,8-9,12H,2,6-7,17H2,1H3. The van der Waals surface area contributed by atoms with Gasteiger partial charge in [-0.3, -0.25) is 4.68 Å². The highest BCUT2D eigenvalue weighted by atomic mass is 19.2. The van der Waals surface area contributed by atoms with Gasteiger partial charge in [-0.15, -0.1) is 0 Å². The van der Waals surface area contributed by atoms with Gasteiger partial charge in [-0.1, -0.05) is 12.1 Å². The molecule has 1 aromatic carbocycles. The highest BCUT2D eigenvalue weighted by Gasteiger charge is 2.12. The van der Waals surface area contributed by atoms with E-state index >= 15 is 0 Å². The summed E-state index contributed by atoms with van der Waals surface area (Å²) in [5, 5.41) is 4.15. The van der Waals surface area contributed by atoms with Crippen LogP contribution in [0, 0.1) is 11.6 Å². The molecule has 5 heteroatoms. The maximum absolute atomic E-state index is 13.5. The van der Waals surface area contributed by atoms with Gasteiger partial charge >= 0.3 is 0 Å². The molecule has 1 atom stereocenters. The number of hydrogen-bond acceptors (Lipinski definition) is 2. The van der Waals surface area contributed by atoms with Gasteiger partial charge in [-0.2, -0.15) is 5.10 Å². The van der Waals surface area contributed by atoms with E-state index in [1.54, 1.807) is 12.3 Å². The highest BCUT2D eigenvalue weighted by molar-refractivity contribution is 5.20. The summed E-state index contributed by atoms with van der Waals surface area (Å²) in [6, 6.07) is 3.91. The van der Waals surface area contributed by atoms with Crippen LogP contribution in [0.15, 0.2) is 30.6 Å². The van der Waals surface area contributed by atoms with Crippen molar-refractivity contribution in [3.05, 3.63) is 53.4 Å². The van der Waals surface area contributed by atoms with Gasteiger partial charge in [0, 0.05) is 18.8 Å². The van der Waals surface area contributed by atoms with E-state index in [1.807, 2.05) is 17.8 Å². The number of halogens is 2. The van der Waals surface area contributed by atoms with Crippen molar-refractivity contribution in [1.82, 2.24) is 9.78 Å². The molecular weight excluding hydrogens is 248 g/mol. The first-order valence-corrected chi connectivity index (χ1v) is 6.30. The fourth-order valence-electron chi connectivity index (χ4n) is 2.05. The normalized spacial score (nSPS) is 12.6. The number of nitrogens with two attached hydrogens (primary N) is 1. The zero-order valence-corrected chi connectivity index (χ0v) is 10.8. The van der Waals surface area contributed by atoms with Crippen LogP contribution in [0.25, 0.3) is 0 Å². The van der Waals surface area contributed by atoms with E-state index in [0.717, 1.165) is 18.2 Å². The number of benzene rings is 1. The molecule has 0 saturated heterocycles. The highest BCUT2D eigenvalue weighted by Crippen LogP contribution is 2.14. The molecule has 0 saturated carbocycles. The largest absolute Gasteiger partial charge is 0.327 e. The quantitative estimate of drug-likeness (QED) is 0.901. The topological polar surface area (TPSA) is 43.8 Å². The third-order valence-corrected chi connectivity index (χ3v) is 3.02. The third kappa shape index (κ3) is 3.38. The average Bonchev–Trinajstić information content (AvgIpc) is 2.82. The molecule has 1 unspecified atom stereocenters. The number of aryl methyl sites for hydroxylation is 1. The van der Waals surface area contributed by atoms with E-state index < -0.39 is 11.6 Å². The lowest BCUT2D eigenvalue weighted by atomic mass is 10.0. The molecule has 0 spiro atoms. The zero-order valence-electron chi connectivity index (χ0n) is 10.8.